The zero-order valence-electron chi connectivity index (χ0n) is 33.9. The van der Waals surface area contributed by atoms with E-state index < -0.39 is 32.5 Å². The summed E-state index contributed by atoms with van der Waals surface area (Å²) >= 11 is 0. The van der Waals surface area contributed by atoms with Crippen LogP contribution in [0.3, 0.4) is 0 Å². The molecule has 2 atom stereocenters. The van der Waals surface area contributed by atoms with Crippen molar-refractivity contribution in [3.05, 3.63) is 109 Å². The summed E-state index contributed by atoms with van der Waals surface area (Å²) in [6, 6.07) is 0. The average Bonchev–Trinajstić information content (AvgIpc) is 3.17. The second-order valence-electron chi connectivity index (χ2n) is 12.8. The summed E-state index contributed by atoms with van der Waals surface area (Å²) in [7, 11) is -4.41. The maximum Gasteiger partial charge on any atom is 0.472 e. The topological polar surface area (TPSA) is 134 Å². The van der Waals surface area contributed by atoms with Crippen molar-refractivity contribution in [2.45, 2.75) is 136 Å². The molecule has 0 heterocycles. The molecule has 0 amide bonds. The van der Waals surface area contributed by atoms with Crippen LogP contribution in [0.1, 0.15) is 129 Å². The summed E-state index contributed by atoms with van der Waals surface area (Å²) in [5.41, 5.74) is 5.33. The number of phosphoric acid groups is 1. The smallest absolute Gasteiger partial charge is 0.462 e. The number of phosphoric ester groups is 1. The Morgan fingerprint density at radius 1 is 0.564 bits per heavy atom. The molecule has 310 valence electrons. The van der Waals surface area contributed by atoms with Crippen molar-refractivity contribution in [2.24, 2.45) is 5.73 Å². The van der Waals surface area contributed by atoms with E-state index >= 15 is 0 Å². The fourth-order valence-corrected chi connectivity index (χ4v) is 5.43. The number of hydrogen-bond donors (Lipinski definition) is 2. The number of ether oxygens (including phenoxy) is 2. The van der Waals surface area contributed by atoms with Crippen molar-refractivity contribution in [1.29, 1.82) is 0 Å². The van der Waals surface area contributed by atoms with E-state index in [1.807, 2.05) is 12.2 Å². The molecule has 0 aliphatic heterocycles. The molecular formula is C45H72NO8P. The minimum atomic E-state index is -4.41. The van der Waals surface area contributed by atoms with Crippen LogP contribution in [0.15, 0.2) is 109 Å². The summed E-state index contributed by atoms with van der Waals surface area (Å²) in [6.45, 7) is 3.42. The lowest BCUT2D eigenvalue weighted by molar-refractivity contribution is -0.161. The molecule has 3 N–H and O–H groups in total. The maximum atomic E-state index is 12.5. The first-order valence-electron chi connectivity index (χ1n) is 20.4. The van der Waals surface area contributed by atoms with E-state index in [0.717, 1.165) is 70.6 Å². The summed E-state index contributed by atoms with van der Waals surface area (Å²) in [4.78, 5) is 34.8. The average molecular weight is 786 g/mol. The number of nitrogens with two attached hydrogens (primary N) is 1. The largest absolute Gasteiger partial charge is 0.472 e. The summed E-state index contributed by atoms with van der Waals surface area (Å²) in [6.07, 6.45) is 52.8. The fourth-order valence-electron chi connectivity index (χ4n) is 4.66. The Bertz CT molecular complexity index is 1260. The van der Waals surface area contributed by atoms with Gasteiger partial charge in [0, 0.05) is 19.4 Å². The van der Waals surface area contributed by atoms with Gasteiger partial charge in [-0.25, -0.2) is 4.57 Å². The second-order valence-corrected chi connectivity index (χ2v) is 14.2. The van der Waals surface area contributed by atoms with Gasteiger partial charge >= 0.3 is 19.8 Å². The fraction of sp³-hybridized carbons (Fsp3) is 0.556. The summed E-state index contributed by atoms with van der Waals surface area (Å²) in [5, 5.41) is 0. The van der Waals surface area contributed by atoms with Gasteiger partial charge in [-0.1, -0.05) is 136 Å². The molecule has 55 heavy (non-hydrogen) atoms. The zero-order valence-corrected chi connectivity index (χ0v) is 34.7. The molecule has 0 saturated heterocycles. The lowest BCUT2D eigenvalue weighted by Gasteiger charge is -2.19. The number of unbranched alkanes of at least 4 members (excludes halogenated alkanes) is 5. The third kappa shape index (κ3) is 40.2. The third-order valence-corrected chi connectivity index (χ3v) is 8.64. The monoisotopic (exact) mass is 785 g/mol. The van der Waals surface area contributed by atoms with Crippen LogP contribution in [-0.2, 0) is 32.7 Å². The van der Waals surface area contributed by atoms with E-state index in [9.17, 15) is 19.0 Å². The van der Waals surface area contributed by atoms with E-state index in [-0.39, 0.29) is 32.6 Å². The number of esters is 2. The van der Waals surface area contributed by atoms with Gasteiger partial charge in [0.1, 0.15) is 6.61 Å². The van der Waals surface area contributed by atoms with Crippen molar-refractivity contribution < 1.29 is 37.6 Å². The van der Waals surface area contributed by atoms with Crippen molar-refractivity contribution >= 4 is 19.8 Å². The number of carbonyl (C=O) groups is 2. The van der Waals surface area contributed by atoms with Crippen LogP contribution in [0.25, 0.3) is 0 Å². The van der Waals surface area contributed by atoms with Crippen LogP contribution in [0.5, 0.6) is 0 Å². The Labute approximate surface area is 333 Å². The first-order chi connectivity index (χ1) is 26.8. The molecule has 0 bridgehead atoms. The van der Waals surface area contributed by atoms with Crippen LogP contribution in [0.2, 0.25) is 0 Å². The van der Waals surface area contributed by atoms with Crippen LogP contribution < -0.4 is 5.73 Å². The van der Waals surface area contributed by atoms with Crippen molar-refractivity contribution in [3.63, 3.8) is 0 Å². The second kappa shape index (κ2) is 40.3. The van der Waals surface area contributed by atoms with E-state index in [2.05, 4.69) is 111 Å². The molecule has 0 aromatic heterocycles. The van der Waals surface area contributed by atoms with Gasteiger partial charge in [-0.3, -0.25) is 18.6 Å². The predicted molar refractivity (Wildman–Crippen MR) is 228 cm³/mol. The molecule has 10 heteroatoms. The predicted octanol–water partition coefficient (Wildman–Crippen LogP) is 11.6. The van der Waals surface area contributed by atoms with Gasteiger partial charge in [-0.15, -0.1) is 0 Å². The minimum Gasteiger partial charge on any atom is -0.462 e. The zero-order chi connectivity index (χ0) is 40.3. The SMILES string of the molecule is CC/C=C\C/C=C\C/C=C\C/C=C\C/C=C\C/C=C\CCC(=O)O[C@H](COC(=O)CCCC/C=C\C/C=C\C/C=C\CCCCC)COP(=O)(O)OCCN. The highest BCUT2D eigenvalue weighted by atomic mass is 31.2. The Hall–Kier alpha value is -3.33. The number of allylic oxidation sites excluding steroid dienone is 18. The van der Waals surface area contributed by atoms with Crippen molar-refractivity contribution in [2.75, 3.05) is 26.4 Å². The Morgan fingerprint density at radius 2 is 1.02 bits per heavy atom. The number of hydrogen-bond acceptors (Lipinski definition) is 8. The highest BCUT2D eigenvalue weighted by molar-refractivity contribution is 7.47. The van der Waals surface area contributed by atoms with Gasteiger partial charge < -0.3 is 20.1 Å². The van der Waals surface area contributed by atoms with Gasteiger partial charge in [0.15, 0.2) is 6.10 Å². The molecule has 0 radical (unpaired) electrons. The van der Waals surface area contributed by atoms with Crippen molar-refractivity contribution in [3.8, 4) is 0 Å². The normalized spacial score (nSPS) is 14.5. The molecule has 0 rings (SSSR count). The van der Waals surface area contributed by atoms with Crippen LogP contribution in [0.4, 0.5) is 0 Å². The molecule has 0 spiro atoms. The lowest BCUT2D eigenvalue weighted by atomic mass is 10.1. The summed E-state index contributed by atoms with van der Waals surface area (Å²) in [5.74, 6) is -0.986. The van der Waals surface area contributed by atoms with Crippen molar-refractivity contribution in [1.82, 2.24) is 0 Å². The molecular weight excluding hydrogens is 713 g/mol. The number of rotatable bonds is 36. The Balaban J connectivity index is 4.42. The standard InChI is InChI=1S/C45H72NO8P/c1-3-5-7-9-11-13-15-17-19-20-21-22-24-26-28-30-32-34-36-38-45(48)54-43(42-53-55(49,50)52-40-39-46)41-51-44(47)37-35-33-31-29-27-25-23-18-16-14-12-10-8-6-4-2/h5,7,11-14,17-19,21-23,26-29,32,34,43H,3-4,6,8-10,15-16,20,24-25,30-31,33,35-42,46H2,1-2H3,(H,49,50)/b7-5-,13-11-,14-12-,19-17-,22-21-,23-18-,28-26-,29-27-,34-32-/t43-/m1/s1. The van der Waals surface area contributed by atoms with Gasteiger partial charge in [0.25, 0.3) is 0 Å². The number of carbonyl (C=O) groups excluding carboxylic acids is 2. The third-order valence-electron chi connectivity index (χ3n) is 7.66. The molecule has 0 aliphatic carbocycles. The highest BCUT2D eigenvalue weighted by Gasteiger charge is 2.25. The lowest BCUT2D eigenvalue weighted by Crippen LogP contribution is -2.29. The molecule has 0 aromatic carbocycles. The van der Waals surface area contributed by atoms with Gasteiger partial charge in [0.2, 0.25) is 0 Å². The molecule has 9 nitrogen and oxygen atoms in total. The van der Waals surface area contributed by atoms with Gasteiger partial charge in [-0.05, 0) is 89.9 Å². The Kier molecular flexibility index (Phi) is 37.9. The highest BCUT2D eigenvalue weighted by Crippen LogP contribution is 2.43. The van der Waals surface area contributed by atoms with Gasteiger partial charge in [-0.2, -0.15) is 0 Å². The molecule has 0 aromatic rings. The van der Waals surface area contributed by atoms with Crippen LogP contribution in [-0.4, -0.2) is 49.3 Å². The first-order valence-corrected chi connectivity index (χ1v) is 21.9. The van der Waals surface area contributed by atoms with E-state index in [1.165, 1.54) is 19.3 Å². The summed E-state index contributed by atoms with van der Waals surface area (Å²) < 4.78 is 32.6. The molecule has 1 unspecified atom stereocenters. The quantitative estimate of drug-likeness (QED) is 0.0275. The van der Waals surface area contributed by atoms with E-state index in [1.54, 1.807) is 0 Å². The molecule has 0 fully saturated rings. The maximum absolute atomic E-state index is 12.5. The van der Waals surface area contributed by atoms with Crippen LogP contribution >= 0.6 is 7.82 Å². The Morgan fingerprint density at radius 3 is 1.49 bits per heavy atom. The van der Waals surface area contributed by atoms with E-state index in [0.29, 0.717) is 12.8 Å². The van der Waals surface area contributed by atoms with Crippen LogP contribution in [0, 0.1) is 0 Å². The molecule has 0 saturated carbocycles. The molecule has 0 aliphatic rings. The minimum absolute atomic E-state index is 0.0303. The van der Waals surface area contributed by atoms with Gasteiger partial charge in [0.05, 0.1) is 13.2 Å². The first kappa shape index (κ1) is 51.7. The van der Waals surface area contributed by atoms with E-state index in [4.69, 9.17) is 24.3 Å².